The predicted octanol–water partition coefficient (Wildman–Crippen LogP) is 3.62. The van der Waals surface area contributed by atoms with E-state index in [1.54, 1.807) is 6.07 Å². The third-order valence-corrected chi connectivity index (χ3v) is 4.24. The third kappa shape index (κ3) is 2.09. The van der Waals surface area contributed by atoms with Crippen LogP contribution < -0.4 is 10.6 Å². The van der Waals surface area contributed by atoms with Crippen molar-refractivity contribution in [3.63, 3.8) is 0 Å². The first kappa shape index (κ1) is 11.6. The van der Waals surface area contributed by atoms with Gasteiger partial charge in [0.2, 0.25) is 0 Å². The molecule has 1 amide bonds. The molecule has 0 saturated carbocycles. The Morgan fingerprint density at radius 2 is 2.28 bits per heavy atom. The highest BCUT2D eigenvalue weighted by atomic mass is 35.5. The Hall–Kier alpha value is -1.52. The van der Waals surface area contributed by atoms with Crippen molar-refractivity contribution in [2.75, 3.05) is 17.2 Å². The molecule has 2 aromatic rings. The maximum Gasteiger partial charge on any atom is 0.267 e. The monoisotopic (exact) mass is 278 g/mol. The van der Waals surface area contributed by atoms with E-state index in [-0.39, 0.29) is 5.91 Å². The molecule has 0 aliphatic carbocycles. The van der Waals surface area contributed by atoms with E-state index in [4.69, 9.17) is 11.6 Å². The normalized spacial score (nSPS) is 12.9. The number of hydrogen-bond acceptors (Lipinski definition) is 3. The van der Waals surface area contributed by atoms with Gasteiger partial charge in [-0.25, -0.2) is 0 Å². The summed E-state index contributed by atoms with van der Waals surface area (Å²) in [6, 6.07) is 7.63. The average molecular weight is 279 g/mol. The van der Waals surface area contributed by atoms with Crippen LogP contribution in [0.4, 0.5) is 11.4 Å². The van der Waals surface area contributed by atoms with Gasteiger partial charge in [-0.15, -0.1) is 11.3 Å². The lowest BCUT2D eigenvalue weighted by atomic mass is 10.1. The molecule has 1 aromatic carbocycles. The molecule has 3 nitrogen and oxygen atoms in total. The van der Waals surface area contributed by atoms with Crippen LogP contribution in [0.2, 0.25) is 5.02 Å². The standard InChI is InChI=1S/C13H11ClN2OS/c14-10-4-6-18-12(10)13(17)16-9-1-2-11-8(7-9)3-5-15-11/h1-2,4,6-7,15H,3,5H2,(H,16,17). The molecular formula is C13H11ClN2OS. The molecular weight excluding hydrogens is 268 g/mol. The molecule has 92 valence electrons. The number of thiophene rings is 1. The molecule has 0 atom stereocenters. The van der Waals surface area contributed by atoms with Crippen molar-refractivity contribution in [2.24, 2.45) is 0 Å². The molecule has 1 aromatic heterocycles. The summed E-state index contributed by atoms with van der Waals surface area (Å²) < 4.78 is 0. The summed E-state index contributed by atoms with van der Waals surface area (Å²) in [7, 11) is 0. The number of hydrogen-bond donors (Lipinski definition) is 2. The SMILES string of the molecule is O=C(Nc1ccc2c(c1)CCN2)c1sccc1Cl. The molecule has 2 N–H and O–H groups in total. The van der Waals surface area contributed by atoms with E-state index in [1.165, 1.54) is 16.9 Å². The first-order chi connectivity index (χ1) is 8.74. The molecule has 1 aliphatic heterocycles. The van der Waals surface area contributed by atoms with Crippen molar-refractivity contribution < 1.29 is 4.79 Å². The number of anilines is 2. The van der Waals surface area contributed by atoms with Crippen LogP contribution in [0.5, 0.6) is 0 Å². The Bertz CT molecular complexity index is 609. The number of carbonyl (C=O) groups is 1. The van der Waals surface area contributed by atoms with Gasteiger partial charge >= 0.3 is 0 Å². The quantitative estimate of drug-likeness (QED) is 0.881. The largest absolute Gasteiger partial charge is 0.384 e. The van der Waals surface area contributed by atoms with Gasteiger partial charge in [-0.3, -0.25) is 4.79 Å². The first-order valence-corrected chi connectivity index (χ1v) is 6.91. The molecule has 0 bridgehead atoms. The third-order valence-electron chi connectivity index (χ3n) is 2.90. The van der Waals surface area contributed by atoms with Crippen molar-refractivity contribution in [3.8, 4) is 0 Å². The van der Waals surface area contributed by atoms with E-state index in [0.29, 0.717) is 9.90 Å². The van der Waals surface area contributed by atoms with Crippen molar-refractivity contribution in [1.29, 1.82) is 0 Å². The molecule has 0 fully saturated rings. The van der Waals surface area contributed by atoms with Crippen LogP contribution in [-0.2, 0) is 6.42 Å². The Kier molecular flexibility index (Phi) is 2.97. The maximum atomic E-state index is 12.0. The smallest absolute Gasteiger partial charge is 0.267 e. The summed E-state index contributed by atoms with van der Waals surface area (Å²) >= 11 is 7.28. The van der Waals surface area contributed by atoms with Gasteiger partial charge in [0.05, 0.1) is 5.02 Å². The molecule has 0 spiro atoms. The number of rotatable bonds is 2. The van der Waals surface area contributed by atoms with E-state index < -0.39 is 0 Å². The summed E-state index contributed by atoms with van der Waals surface area (Å²) in [6.45, 7) is 0.962. The number of nitrogens with one attached hydrogen (secondary N) is 2. The molecule has 18 heavy (non-hydrogen) atoms. The Morgan fingerprint density at radius 3 is 3.06 bits per heavy atom. The second kappa shape index (κ2) is 4.63. The molecule has 0 saturated heterocycles. The van der Waals surface area contributed by atoms with Gasteiger partial charge < -0.3 is 10.6 Å². The summed E-state index contributed by atoms with van der Waals surface area (Å²) in [5, 5.41) is 8.47. The number of halogens is 1. The fourth-order valence-electron chi connectivity index (χ4n) is 2.03. The zero-order valence-corrected chi connectivity index (χ0v) is 11.1. The number of amides is 1. The van der Waals surface area contributed by atoms with Crippen LogP contribution in [0.25, 0.3) is 0 Å². The molecule has 2 heterocycles. The van der Waals surface area contributed by atoms with Gasteiger partial charge in [-0.05, 0) is 41.6 Å². The summed E-state index contributed by atoms with van der Waals surface area (Å²) in [5.74, 6) is -0.152. The van der Waals surface area contributed by atoms with Gasteiger partial charge in [0, 0.05) is 17.9 Å². The van der Waals surface area contributed by atoms with E-state index in [0.717, 1.165) is 24.3 Å². The number of benzene rings is 1. The van der Waals surface area contributed by atoms with Gasteiger partial charge in [0.25, 0.3) is 5.91 Å². The van der Waals surface area contributed by atoms with Crippen molar-refractivity contribution in [1.82, 2.24) is 0 Å². The van der Waals surface area contributed by atoms with Crippen LogP contribution in [0.3, 0.4) is 0 Å². The minimum Gasteiger partial charge on any atom is -0.384 e. The zero-order valence-electron chi connectivity index (χ0n) is 9.50. The van der Waals surface area contributed by atoms with E-state index >= 15 is 0 Å². The van der Waals surface area contributed by atoms with E-state index in [9.17, 15) is 4.79 Å². The lowest BCUT2D eigenvalue weighted by Gasteiger charge is -2.06. The fraction of sp³-hybridized carbons (Fsp3) is 0.154. The Morgan fingerprint density at radius 1 is 1.39 bits per heavy atom. The van der Waals surface area contributed by atoms with Crippen LogP contribution in [0.15, 0.2) is 29.6 Å². The second-order valence-corrected chi connectivity index (χ2v) is 5.42. The molecule has 0 radical (unpaired) electrons. The fourth-order valence-corrected chi connectivity index (χ4v) is 3.06. The highest BCUT2D eigenvalue weighted by Crippen LogP contribution is 2.27. The minimum atomic E-state index is -0.152. The average Bonchev–Trinajstić information content (AvgIpc) is 2.96. The van der Waals surface area contributed by atoms with Gasteiger partial charge in [0.1, 0.15) is 4.88 Å². The second-order valence-electron chi connectivity index (χ2n) is 4.10. The van der Waals surface area contributed by atoms with Crippen LogP contribution in [0, 0.1) is 0 Å². The highest BCUT2D eigenvalue weighted by molar-refractivity contribution is 7.12. The van der Waals surface area contributed by atoms with E-state index in [2.05, 4.69) is 10.6 Å². The Labute approximate surface area is 114 Å². The maximum absolute atomic E-state index is 12.0. The van der Waals surface area contributed by atoms with Crippen molar-refractivity contribution in [3.05, 3.63) is 45.1 Å². The molecule has 0 unspecified atom stereocenters. The lowest BCUT2D eigenvalue weighted by molar-refractivity contribution is 0.103. The lowest BCUT2D eigenvalue weighted by Crippen LogP contribution is -2.10. The van der Waals surface area contributed by atoms with Crippen molar-refractivity contribution >= 4 is 40.2 Å². The van der Waals surface area contributed by atoms with Gasteiger partial charge in [0.15, 0.2) is 0 Å². The highest BCUT2D eigenvalue weighted by Gasteiger charge is 2.14. The first-order valence-electron chi connectivity index (χ1n) is 5.65. The van der Waals surface area contributed by atoms with Gasteiger partial charge in [-0.1, -0.05) is 11.6 Å². The summed E-state index contributed by atoms with van der Waals surface area (Å²) in [5.41, 5.74) is 3.21. The minimum absolute atomic E-state index is 0.152. The van der Waals surface area contributed by atoms with Gasteiger partial charge in [-0.2, -0.15) is 0 Å². The zero-order chi connectivity index (χ0) is 12.5. The van der Waals surface area contributed by atoms with Crippen LogP contribution in [-0.4, -0.2) is 12.5 Å². The summed E-state index contributed by atoms with van der Waals surface area (Å²) in [6.07, 6.45) is 0.999. The molecule has 5 heteroatoms. The predicted molar refractivity (Wildman–Crippen MR) is 75.9 cm³/mol. The van der Waals surface area contributed by atoms with Crippen LogP contribution >= 0.6 is 22.9 Å². The molecule has 3 rings (SSSR count). The Balaban J connectivity index is 1.81. The number of carbonyl (C=O) groups excluding carboxylic acids is 1. The summed E-state index contributed by atoms with van der Waals surface area (Å²) in [4.78, 5) is 12.5. The van der Waals surface area contributed by atoms with E-state index in [1.807, 2.05) is 23.6 Å². The number of fused-ring (bicyclic) bond motifs is 1. The van der Waals surface area contributed by atoms with Crippen molar-refractivity contribution in [2.45, 2.75) is 6.42 Å². The molecule has 1 aliphatic rings. The topological polar surface area (TPSA) is 41.1 Å². The van der Waals surface area contributed by atoms with Crippen LogP contribution in [0.1, 0.15) is 15.2 Å².